The summed E-state index contributed by atoms with van der Waals surface area (Å²) in [6.07, 6.45) is 0.389. The molecule has 2 atom stereocenters. The first-order valence-corrected chi connectivity index (χ1v) is 12.1. The number of aromatic nitrogens is 1. The molecule has 3 aromatic carbocycles. The van der Waals surface area contributed by atoms with Crippen molar-refractivity contribution < 1.29 is 23.5 Å². The highest BCUT2D eigenvalue weighted by Crippen LogP contribution is 2.42. The number of esters is 1. The second kappa shape index (κ2) is 8.89. The lowest BCUT2D eigenvalue weighted by Gasteiger charge is -2.47. The number of fused-ring (bicyclic) bond motifs is 4. The van der Waals surface area contributed by atoms with Crippen LogP contribution in [0.25, 0.3) is 10.9 Å². The normalized spacial score (nSPS) is 19.1. The van der Waals surface area contributed by atoms with Crippen LogP contribution in [0, 0.1) is 5.82 Å². The SMILES string of the molecule is COC(=O)c1ccc([C@@H]2c3[nH]c4ccccc4c3C[C@H]3C(=O)N(Cc4ccc(F)cc4)CC(=O)N23)cc1. The third-order valence-corrected chi connectivity index (χ3v) is 7.28. The van der Waals surface area contributed by atoms with E-state index in [1.807, 2.05) is 24.3 Å². The summed E-state index contributed by atoms with van der Waals surface area (Å²) in [6, 6.07) is 19.6. The number of piperazine rings is 1. The van der Waals surface area contributed by atoms with E-state index in [0.29, 0.717) is 12.0 Å². The molecular weight excluding hydrogens is 473 g/mol. The minimum absolute atomic E-state index is 0.0704. The van der Waals surface area contributed by atoms with Gasteiger partial charge >= 0.3 is 5.97 Å². The topological polar surface area (TPSA) is 82.7 Å². The first-order valence-electron chi connectivity index (χ1n) is 12.1. The largest absolute Gasteiger partial charge is 0.465 e. The van der Waals surface area contributed by atoms with Gasteiger partial charge in [0.05, 0.1) is 18.7 Å². The zero-order valence-corrected chi connectivity index (χ0v) is 20.1. The number of carbonyl (C=O) groups is 3. The number of hydrogen-bond acceptors (Lipinski definition) is 4. The van der Waals surface area contributed by atoms with Gasteiger partial charge in [-0.25, -0.2) is 9.18 Å². The number of hydrogen-bond donors (Lipinski definition) is 1. The Kier molecular flexibility index (Phi) is 5.52. The molecule has 186 valence electrons. The zero-order valence-electron chi connectivity index (χ0n) is 20.1. The van der Waals surface area contributed by atoms with E-state index < -0.39 is 18.1 Å². The molecule has 4 aromatic rings. The van der Waals surface area contributed by atoms with Crippen molar-refractivity contribution in [2.75, 3.05) is 13.7 Å². The average Bonchev–Trinajstić information content (AvgIpc) is 3.29. The Morgan fingerprint density at radius 1 is 1.03 bits per heavy atom. The molecule has 2 aliphatic heterocycles. The summed E-state index contributed by atoms with van der Waals surface area (Å²) in [5.41, 5.74) is 4.77. The monoisotopic (exact) mass is 497 g/mol. The minimum atomic E-state index is -0.682. The van der Waals surface area contributed by atoms with E-state index >= 15 is 0 Å². The molecule has 0 aliphatic carbocycles. The zero-order chi connectivity index (χ0) is 25.7. The van der Waals surface area contributed by atoms with Crippen molar-refractivity contribution in [2.24, 2.45) is 0 Å². The number of nitrogens with zero attached hydrogens (tertiary/aromatic N) is 2. The maximum Gasteiger partial charge on any atom is 0.337 e. The summed E-state index contributed by atoms with van der Waals surface area (Å²) in [4.78, 5) is 46.1. The first-order chi connectivity index (χ1) is 17.9. The summed E-state index contributed by atoms with van der Waals surface area (Å²) in [5.74, 6) is -1.11. The number of aromatic amines is 1. The Labute approximate surface area is 212 Å². The van der Waals surface area contributed by atoms with Crippen molar-refractivity contribution in [3.8, 4) is 0 Å². The van der Waals surface area contributed by atoms with Crippen LogP contribution < -0.4 is 0 Å². The number of nitrogens with one attached hydrogen (secondary N) is 1. The first kappa shape index (κ1) is 23.0. The van der Waals surface area contributed by atoms with Crippen LogP contribution in [0.2, 0.25) is 0 Å². The van der Waals surface area contributed by atoms with Crippen LogP contribution in [0.15, 0.2) is 72.8 Å². The highest BCUT2D eigenvalue weighted by molar-refractivity contribution is 5.97. The van der Waals surface area contributed by atoms with Gasteiger partial charge in [-0.15, -0.1) is 0 Å². The summed E-state index contributed by atoms with van der Waals surface area (Å²) >= 11 is 0. The smallest absolute Gasteiger partial charge is 0.337 e. The molecule has 8 heteroatoms. The molecule has 2 amide bonds. The number of methoxy groups -OCH3 is 1. The van der Waals surface area contributed by atoms with E-state index in [2.05, 4.69) is 4.98 Å². The van der Waals surface area contributed by atoms with Gasteiger partial charge in [0, 0.05) is 29.6 Å². The van der Waals surface area contributed by atoms with E-state index in [1.165, 1.54) is 19.2 Å². The second-order valence-corrected chi connectivity index (χ2v) is 9.42. The van der Waals surface area contributed by atoms with E-state index in [4.69, 9.17) is 4.74 Å². The molecule has 1 saturated heterocycles. The molecule has 0 radical (unpaired) electrons. The van der Waals surface area contributed by atoms with E-state index in [0.717, 1.165) is 33.3 Å². The molecule has 1 aromatic heterocycles. The third kappa shape index (κ3) is 3.85. The van der Waals surface area contributed by atoms with Gasteiger partial charge in [-0.2, -0.15) is 0 Å². The van der Waals surface area contributed by atoms with Crippen LogP contribution in [0.4, 0.5) is 4.39 Å². The van der Waals surface area contributed by atoms with Gasteiger partial charge in [0.15, 0.2) is 0 Å². The number of carbonyl (C=O) groups excluding carboxylic acids is 3. The predicted molar refractivity (Wildman–Crippen MR) is 134 cm³/mol. The van der Waals surface area contributed by atoms with E-state index in [-0.39, 0.29) is 30.7 Å². The maximum absolute atomic E-state index is 13.8. The van der Waals surface area contributed by atoms with Crippen molar-refractivity contribution in [1.29, 1.82) is 0 Å². The van der Waals surface area contributed by atoms with Gasteiger partial charge in [-0.05, 0) is 47.0 Å². The second-order valence-electron chi connectivity index (χ2n) is 9.42. The van der Waals surface area contributed by atoms with E-state index in [1.54, 1.807) is 46.2 Å². The molecule has 0 bridgehead atoms. The Morgan fingerprint density at radius 2 is 1.76 bits per heavy atom. The lowest BCUT2D eigenvalue weighted by atomic mass is 9.86. The molecule has 1 N–H and O–H groups in total. The molecule has 37 heavy (non-hydrogen) atoms. The van der Waals surface area contributed by atoms with Crippen LogP contribution in [-0.2, 0) is 27.3 Å². The third-order valence-electron chi connectivity index (χ3n) is 7.28. The van der Waals surface area contributed by atoms with Crippen LogP contribution in [0.3, 0.4) is 0 Å². The number of benzene rings is 3. The van der Waals surface area contributed by atoms with Gasteiger partial charge < -0.3 is 19.5 Å². The molecular formula is C29H24FN3O4. The Balaban J connectivity index is 1.42. The molecule has 0 unspecified atom stereocenters. The van der Waals surface area contributed by atoms with E-state index in [9.17, 15) is 18.8 Å². The van der Waals surface area contributed by atoms with Crippen LogP contribution >= 0.6 is 0 Å². The summed E-state index contributed by atoms with van der Waals surface area (Å²) < 4.78 is 18.2. The molecule has 7 nitrogen and oxygen atoms in total. The summed E-state index contributed by atoms with van der Waals surface area (Å²) in [6.45, 7) is 0.160. The van der Waals surface area contributed by atoms with Gasteiger partial charge in [0.1, 0.15) is 18.4 Å². The van der Waals surface area contributed by atoms with Crippen molar-refractivity contribution >= 4 is 28.7 Å². The van der Waals surface area contributed by atoms with Gasteiger partial charge in [0.25, 0.3) is 0 Å². The van der Waals surface area contributed by atoms with Gasteiger partial charge in [0.2, 0.25) is 11.8 Å². The van der Waals surface area contributed by atoms with Crippen LogP contribution in [0.1, 0.15) is 38.8 Å². The Hall–Kier alpha value is -4.46. The fourth-order valence-corrected chi connectivity index (χ4v) is 5.53. The Morgan fingerprint density at radius 3 is 2.49 bits per heavy atom. The van der Waals surface area contributed by atoms with Crippen molar-refractivity contribution in [3.63, 3.8) is 0 Å². The number of amides is 2. The molecule has 6 rings (SSSR count). The lowest BCUT2D eigenvalue weighted by Crippen LogP contribution is -2.62. The quantitative estimate of drug-likeness (QED) is 0.433. The molecule has 0 saturated carbocycles. The number of rotatable bonds is 4. The summed E-state index contributed by atoms with van der Waals surface area (Å²) in [5, 5.41) is 1.02. The molecule has 0 spiro atoms. The molecule has 2 aliphatic rings. The predicted octanol–water partition coefficient (Wildman–Crippen LogP) is 3.98. The van der Waals surface area contributed by atoms with Crippen molar-refractivity contribution in [1.82, 2.24) is 14.8 Å². The van der Waals surface area contributed by atoms with Crippen LogP contribution in [-0.4, -0.2) is 52.3 Å². The van der Waals surface area contributed by atoms with Gasteiger partial charge in [-0.3, -0.25) is 9.59 Å². The number of para-hydroxylation sites is 1. The number of halogens is 1. The van der Waals surface area contributed by atoms with Crippen molar-refractivity contribution in [3.05, 3.63) is 107 Å². The highest BCUT2D eigenvalue weighted by Gasteiger charge is 2.48. The van der Waals surface area contributed by atoms with Crippen molar-refractivity contribution in [2.45, 2.75) is 25.0 Å². The minimum Gasteiger partial charge on any atom is -0.465 e. The fraction of sp³-hybridized carbons (Fsp3) is 0.207. The maximum atomic E-state index is 13.8. The van der Waals surface area contributed by atoms with Crippen LogP contribution in [0.5, 0.6) is 0 Å². The highest BCUT2D eigenvalue weighted by atomic mass is 19.1. The fourth-order valence-electron chi connectivity index (χ4n) is 5.53. The number of H-pyrrole nitrogens is 1. The standard InChI is InChI=1S/C29H24FN3O4/c1-37-29(36)19-10-8-18(9-11-19)27-26-22(21-4-2-3-5-23(21)31-26)14-24-28(35)32(16-25(34)33(24)27)15-17-6-12-20(30)13-7-17/h2-13,24,27,31H,14-16H2,1H3/t24-,27+/m0/s1. The molecule has 3 heterocycles. The lowest BCUT2D eigenvalue weighted by molar-refractivity contribution is -0.159. The van der Waals surface area contributed by atoms with Gasteiger partial charge in [-0.1, -0.05) is 42.5 Å². The number of ether oxygens (including phenoxy) is 1. The average molecular weight is 498 g/mol. The Bertz CT molecular complexity index is 1530. The summed E-state index contributed by atoms with van der Waals surface area (Å²) in [7, 11) is 1.33. The molecule has 1 fully saturated rings.